The summed E-state index contributed by atoms with van der Waals surface area (Å²) in [6.45, 7) is 15.3. The molecule has 0 N–H and O–H groups in total. The lowest BCUT2D eigenvalue weighted by Crippen LogP contribution is -2.29. The summed E-state index contributed by atoms with van der Waals surface area (Å²) < 4.78 is 11.5. The van der Waals surface area contributed by atoms with Gasteiger partial charge in [-0.1, -0.05) is 53.4 Å². The van der Waals surface area contributed by atoms with E-state index in [4.69, 9.17) is 9.15 Å². The molecule has 38 heavy (non-hydrogen) atoms. The average molecular weight is 537 g/mol. The van der Waals surface area contributed by atoms with Crippen molar-refractivity contribution in [3.05, 3.63) is 59.0 Å². The summed E-state index contributed by atoms with van der Waals surface area (Å²) in [6, 6.07) is 16.4. The zero-order chi connectivity index (χ0) is 26.9. The van der Waals surface area contributed by atoms with Crippen LogP contribution in [0.4, 0.5) is 0 Å². The fourth-order valence-electron chi connectivity index (χ4n) is 6.05. The van der Waals surface area contributed by atoms with E-state index >= 15 is 0 Å². The van der Waals surface area contributed by atoms with Crippen molar-refractivity contribution in [2.75, 3.05) is 0 Å². The van der Waals surface area contributed by atoms with Crippen LogP contribution in [0.3, 0.4) is 0 Å². The quantitative estimate of drug-likeness (QED) is 0.139. The molecule has 0 saturated carbocycles. The number of furan rings is 1. The maximum atomic E-state index is 5.88. The molecule has 0 atom stereocenters. The van der Waals surface area contributed by atoms with E-state index in [2.05, 4.69) is 88.7 Å². The Morgan fingerprint density at radius 3 is 1.32 bits per heavy atom. The predicted molar refractivity (Wildman–Crippen MR) is 168 cm³/mol. The maximum Gasteiger partial charge on any atom is 0.138 e. The Labute approximate surface area is 230 Å². The Hall–Kier alpha value is -2.77. The molecule has 196 valence electrons. The number of ether oxygens (including phenoxy) is 1. The van der Waals surface area contributed by atoms with Gasteiger partial charge >= 0.3 is 0 Å². The second-order valence-corrected chi connectivity index (χ2v) is 20.9. The summed E-state index contributed by atoms with van der Waals surface area (Å²) in [5.74, 6) is 7.61. The monoisotopic (exact) mass is 536 g/mol. The van der Waals surface area contributed by atoms with Crippen molar-refractivity contribution in [2.24, 2.45) is 0 Å². The van der Waals surface area contributed by atoms with Gasteiger partial charge in [0.25, 0.3) is 0 Å². The van der Waals surface area contributed by atoms with Gasteiger partial charge in [-0.2, -0.15) is 0 Å². The van der Waals surface area contributed by atoms with Gasteiger partial charge in [0, 0.05) is 21.9 Å². The summed E-state index contributed by atoms with van der Waals surface area (Å²) in [4.78, 5) is 0. The van der Waals surface area contributed by atoms with Crippen LogP contribution in [-0.4, -0.2) is 16.1 Å². The first-order valence-corrected chi connectivity index (χ1v) is 19.7. The van der Waals surface area contributed by atoms with Gasteiger partial charge in [0.15, 0.2) is 0 Å². The van der Waals surface area contributed by atoms with Gasteiger partial charge in [-0.25, -0.2) is 0 Å². The Morgan fingerprint density at radius 2 is 0.947 bits per heavy atom. The number of fused-ring (bicyclic) bond motifs is 4. The Balaban J connectivity index is 1.93. The average Bonchev–Trinajstić information content (AvgIpc) is 3.62. The van der Waals surface area contributed by atoms with Gasteiger partial charge in [0.1, 0.15) is 16.1 Å². The highest BCUT2D eigenvalue weighted by molar-refractivity contribution is 6.87. The van der Waals surface area contributed by atoms with Crippen LogP contribution < -0.4 is 0 Å². The normalized spacial score (nSPS) is 13.4. The molecule has 0 unspecified atom stereocenters. The Bertz CT molecular complexity index is 1490. The molecule has 2 heterocycles. The molecule has 4 heteroatoms. The highest BCUT2D eigenvalue weighted by atomic mass is 28.3. The topological polar surface area (TPSA) is 22.4 Å². The third-order valence-electron chi connectivity index (χ3n) is 9.51. The van der Waals surface area contributed by atoms with E-state index in [1.807, 2.05) is 12.5 Å². The fraction of sp³-hybridized carbons (Fsp3) is 0.412. The molecule has 0 saturated heterocycles. The molecule has 1 aliphatic heterocycles. The van der Waals surface area contributed by atoms with Crippen molar-refractivity contribution >= 4 is 48.5 Å². The van der Waals surface area contributed by atoms with E-state index in [1.165, 1.54) is 68.9 Å². The summed E-state index contributed by atoms with van der Waals surface area (Å²) in [5.41, 5.74) is 12.7. The van der Waals surface area contributed by atoms with Crippen molar-refractivity contribution < 1.29 is 9.15 Å². The van der Waals surface area contributed by atoms with Crippen molar-refractivity contribution in [3.8, 4) is 22.9 Å². The van der Waals surface area contributed by atoms with Gasteiger partial charge in [0.2, 0.25) is 0 Å². The highest BCUT2D eigenvalue weighted by Gasteiger charge is 2.26. The number of hydrogen-bond acceptors (Lipinski definition) is 2. The lowest BCUT2D eigenvalue weighted by atomic mass is 9.89. The van der Waals surface area contributed by atoms with Gasteiger partial charge in [-0.3, -0.25) is 0 Å². The van der Waals surface area contributed by atoms with Crippen LogP contribution >= 0.6 is 0 Å². The molecular formula is C34H40O2Si2. The molecule has 5 rings (SSSR count). The van der Waals surface area contributed by atoms with Gasteiger partial charge < -0.3 is 9.15 Å². The summed E-state index contributed by atoms with van der Waals surface area (Å²) in [5, 5.41) is 7.09. The molecule has 2 nitrogen and oxygen atoms in total. The first-order chi connectivity index (χ1) is 18.5. The van der Waals surface area contributed by atoms with Crippen molar-refractivity contribution in [1.82, 2.24) is 0 Å². The lowest BCUT2D eigenvalue weighted by molar-refractivity contribution is 0.134. The van der Waals surface area contributed by atoms with Crippen LogP contribution in [0.25, 0.3) is 32.3 Å². The number of benzene rings is 3. The highest BCUT2D eigenvalue weighted by Crippen LogP contribution is 2.38. The Kier molecular flexibility index (Phi) is 7.61. The number of hydrogen-bond donors (Lipinski definition) is 0. The van der Waals surface area contributed by atoms with Gasteiger partial charge in [-0.15, -0.1) is 11.1 Å². The molecule has 0 aliphatic carbocycles. The van der Waals surface area contributed by atoms with E-state index in [9.17, 15) is 0 Å². The van der Waals surface area contributed by atoms with E-state index < -0.39 is 16.1 Å². The molecule has 4 aromatic rings. The standard InChI is InChI=1S/C34H40O2Si2/c1-7-37(8-2,9-3)15-13-29-31-17-25-21-35-23-27(25)19-33(31)30(14-16-38(10-4,11-5)12-6)34-20-28-24-36-22-26(28)18-32(29)34/h17-21,23H,7-12,22,24H2,1-6H3. The first kappa shape index (κ1) is 26.8. The Morgan fingerprint density at radius 1 is 0.579 bits per heavy atom. The van der Waals surface area contributed by atoms with Gasteiger partial charge in [0.05, 0.1) is 25.7 Å². The molecule has 0 fully saturated rings. The fourth-order valence-corrected chi connectivity index (χ4v) is 10.9. The van der Waals surface area contributed by atoms with Crippen LogP contribution in [-0.2, 0) is 18.0 Å². The van der Waals surface area contributed by atoms with Crippen molar-refractivity contribution in [3.63, 3.8) is 0 Å². The van der Waals surface area contributed by atoms with Crippen molar-refractivity contribution in [2.45, 2.75) is 91.0 Å². The molecule has 1 aromatic heterocycles. The van der Waals surface area contributed by atoms with E-state index in [-0.39, 0.29) is 0 Å². The summed E-state index contributed by atoms with van der Waals surface area (Å²) >= 11 is 0. The predicted octanol–water partition coefficient (Wildman–Crippen LogP) is 9.57. The third-order valence-corrected chi connectivity index (χ3v) is 18.9. The zero-order valence-electron chi connectivity index (χ0n) is 23.9. The molecule has 0 amide bonds. The van der Waals surface area contributed by atoms with Crippen LogP contribution in [0.1, 0.15) is 63.8 Å². The molecule has 3 aromatic carbocycles. The number of rotatable bonds is 6. The zero-order valence-corrected chi connectivity index (χ0v) is 25.9. The van der Waals surface area contributed by atoms with Crippen molar-refractivity contribution in [1.29, 1.82) is 0 Å². The molecule has 1 aliphatic rings. The molecule has 0 radical (unpaired) electrons. The second-order valence-electron chi connectivity index (χ2n) is 11.0. The first-order valence-electron chi connectivity index (χ1n) is 14.5. The second kappa shape index (κ2) is 10.8. The molecule has 0 spiro atoms. The third kappa shape index (κ3) is 4.54. The van der Waals surface area contributed by atoms with E-state index in [1.54, 1.807) is 0 Å². The SMILES string of the molecule is CC[Si](C#Cc1c2cc3c(cc2c(C#C[Si](CC)(CC)CC)c2cc4cocc4cc12)COC3)(CC)CC. The maximum absolute atomic E-state index is 5.88. The molecule has 0 bridgehead atoms. The van der Waals surface area contributed by atoms with Crippen LogP contribution in [0.2, 0.25) is 36.3 Å². The lowest BCUT2D eigenvalue weighted by Gasteiger charge is -2.21. The summed E-state index contributed by atoms with van der Waals surface area (Å²) in [7, 11) is -3.26. The smallest absolute Gasteiger partial charge is 0.138 e. The van der Waals surface area contributed by atoms with Crippen LogP contribution in [0, 0.1) is 22.9 Å². The minimum atomic E-state index is -1.63. The minimum absolute atomic E-state index is 0.674. The van der Waals surface area contributed by atoms with E-state index in [0.717, 1.165) is 21.9 Å². The molecular weight excluding hydrogens is 497 g/mol. The summed E-state index contributed by atoms with van der Waals surface area (Å²) in [6.07, 6.45) is 3.70. The van der Waals surface area contributed by atoms with Crippen LogP contribution in [0.15, 0.2) is 41.2 Å². The van der Waals surface area contributed by atoms with Gasteiger partial charge in [-0.05, 0) is 93.2 Å². The van der Waals surface area contributed by atoms with E-state index in [0.29, 0.717) is 13.2 Å². The minimum Gasteiger partial charge on any atom is -0.471 e. The largest absolute Gasteiger partial charge is 0.471 e. The van der Waals surface area contributed by atoms with Crippen LogP contribution in [0.5, 0.6) is 0 Å².